The predicted molar refractivity (Wildman–Crippen MR) is 77.9 cm³/mol. The van der Waals surface area contributed by atoms with Crippen LogP contribution in [0.25, 0.3) is 10.8 Å². The third-order valence-electron chi connectivity index (χ3n) is 2.89. The number of aromatic nitrogens is 1. The van der Waals surface area contributed by atoms with E-state index < -0.39 is 0 Å². The van der Waals surface area contributed by atoms with Crippen LogP contribution in [-0.2, 0) is 6.54 Å². The average Bonchev–Trinajstić information content (AvgIpc) is 2.42. The summed E-state index contributed by atoms with van der Waals surface area (Å²) in [4.78, 5) is 4.70. The Morgan fingerprint density at radius 1 is 1.17 bits per heavy atom. The van der Waals surface area contributed by atoms with Crippen molar-refractivity contribution in [2.75, 3.05) is 18.4 Å². The van der Waals surface area contributed by atoms with Crippen LogP contribution in [0, 0.1) is 0 Å². The first-order valence-electron chi connectivity index (χ1n) is 6.68. The van der Waals surface area contributed by atoms with Crippen LogP contribution in [0.15, 0.2) is 30.3 Å². The summed E-state index contributed by atoms with van der Waals surface area (Å²) in [5.74, 6) is 1.00. The maximum atomic E-state index is 4.70. The Bertz CT molecular complexity index is 508. The topological polar surface area (TPSA) is 37.0 Å². The largest absolute Gasteiger partial charge is 0.370 e. The molecule has 0 aliphatic heterocycles. The van der Waals surface area contributed by atoms with Crippen molar-refractivity contribution in [2.24, 2.45) is 0 Å². The van der Waals surface area contributed by atoms with Crippen LogP contribution in [0.1, 0.15) is 26.0 Å². The van der Waals surface area contributed by atoms with Crippen molar-refractivity contribution in [3.8, 4) is 0 Å². The minimum absolute atomic E-state index is 0.822. The molecule has 3 nitrogen and oxygen atoms in total. The molecule has 0 atom stereocenters. The predicted octanol–water partition coefficient (Wildman–Crippen LogP) is 3.17. The lowest BCUT2D eigenvalue weighted by atomic mass is 10.1. The van der Waals surface area contributed by atoms with Gasteiger partial charge >= 0.3 is 0 Å². The second-order valence-electron chi connectivity index (χ2n) is 4.39. The molecule has 18 heavy (non-hydrogen) atoms. The van der Waals surface area contributed by atoms with E-state index in [1.807, 2.05) is 0 Å². The van der Waals surface area contributed by atoms with E-state index in [1.54, 1.807) is 0 Å². The van der Waals surface area contributed by atoms with E-state index in [-0.39, 0.29) is 0 Å². The van der Waals surface area contributed by atoms with Gasteiger partial charge in [0.1, 0.15) is 5.82 Å². The molecule has 1 aromatic carbocycles. The van der Waals surface area contributed by atoms with Crippen molar-refractivity contribution in [3.63, 3.8) is 0 Å². The SMILES string of the molecule is CCCNc1nc(CNCC)cc2ccccc12. The summed E-state index contributed by atoms with van der Waals surface area (Å²) < 4.78 is 0. The molecule has 0 saturated carbocycles. The van der Waals surface area contributed by atoms with Crippen LogP contribution < -0.4 is 10.6 Å². The van der Waals surface area contributed by atoms with Gasteiger partial charge in [-0.15, -0.1) is 0 Å². The first-order valence-corrected chi connectivity index (χ1v) is 6.68. The molecule has 3 heteroatoms. The van der Waals surface area contributed by atoms with Gasteiger partial charge in [-0.25, -0.2) is 4.98 Å². The monoisotopic (exact) mass is 243 g/mol. The van der Waals surface area contributed by atoms with E-state index in [0.717, 1.165) is 37.6 Å². The second-order valence-corrected chi connectivity index (χ2v) is 4.39. The van der Waals surface area contributed by atoms with Gasteiger partial charge in [-0.05, 0) is 24.4 Å². The average molecular weight is 243 g/mol. The number of hydrogen-bond donors (Lipinski definition) is 2. The van der Waals surface area contributed by atoms with Gasteiger partial charge in [-0.1, -0.05) is 38.1 Å². The number of fused-ring (bicyclic) bond motifs is 1. The van der Waals surface area contributed by atoms with E-state index in [9.17, 15) is 0 Å². The van der Waals surface area contributed by atoms with Crippen molar-refractivity contribution < 1.29 is 0 Å². The second kappa shape index (κ2) is 6.36. The fraction of sp³-hybridized carbons (Fsp3) is 0.400. The minimum atomic E-state index is 0.822. The molecule has 0 aliphatic carbocycles. The molecule has 96 valence electrons. The van der Waals surface area contributed by atoms with Crippen molar-refractivity contribution >= 4 is 16.6 Å². The standard InChI is InChI=1S/C15H21N3/c1-3-9-17-15-14-8-6-5-7-12(14)10-13(18-15)11-16-4-2/h5-8,10,16H,3-4,9,11H2,1-2H3,(H,17,18). The normalized spacial score (nSPS) is 10.8. The van der Waals surface area contributed by atoms with Gasteiger partial charge in [0, 0.05) is 18.5 Å². The Morgan fingerprint density at radius 3 is 2.78 bits per heavy atom. The quantitative estimate of drug-likeness (QED) is 0.818. The van der Waals surface area contributed by atoms with E-state index in [2.05, 4.69) is 54.8 Å². The summed E-state index contributed by atoms with van der Waals surface area (Å²) in [5, 5.41) is 9.19. The number of nitrogens with zero attached hydrogens (tertiary/aromatic N) is 1. The molecule has 2 N–H and O–H groups in total. The zero-order chi connectivity index (χ0) is 12.8. The van der Waals surface area contributed by atoms with Gasteiger partial charge in [-0.2, -0.15) is 0 Å². The van der Waals surface area contributed by atoms with Gasteiger partial charge in [0.15, 0.2) is 0 Å². The molecule has 0 spiro atoms. The molecular formula is C15H21N3. The van der Waals surface area contributed by atoms with Gasteiger partial charge in [0.25, 0.3) is 0 Å². The summed E-state index contributed by atoms with van der Waals surface area (Å²) in [5.41, 5.74) is 1.09. The first-order chi connectivity index (χ1) is 8.85. The zero-order valence-corrected chi connectivity index (χ0v) is 11.2. The van der Waals surface area contributed by atoms with Crippen molar-refractivity contribution in [3.05, 3.63) is 36.0 Å². The van der Waals surface area contributed by atoms with Gasteiger partial charge < -0.3 is 10.6 Å². The Kier molecular flexibility index (Phi) is 4.53. The first kappa shape index (κ1) is 12.8. The Labute approximate surface area is 109 Å². The van der Waals surface area contributed by atoms with E-state index in [0.29, 0.717) is 0 Å². The molecule has 0 radical (unpaired) electrons. The molecule has 0 saturated heterocycles. The van der Waals surface area contributed by atoms with Crippen molar-refractivity contribution in [1.82, 2.24) is 10.3 Å². The van der Waals surface area contributed by atoms with Gasteiger partial charge in [-0.3, -0.25) is 0 Å². The van der Waals surface area contributed by atoms with Crippen LogP contribution in [-0.4, -0.2) is 18.1 Å². The highest BCUT2D eigenvalue weighted by Crippen LogP contribution is 2.22. The fourth-order valence-electron chi connectivity index (χ4n) is 1.98. The third-order valence-corrected chi connectivity index (χ3v) is 2.89. The van der Waals surface area contributed by atoms with Crippen LogP contribution in [0.3, 0.4) is 0 Å². The molecule has 0 amide bonds. The summed E-state index contributed by atoms with van der Waals surface area (Å²) in [6.45, 7) is 7.02. The molecule has 0 aliphatic rings. The van der Waals surface area contributed by atoms with Gasteiger partial charge in [0.05, 0.1) is 5.69 Å². The minimum Gasteiger partial charge on any atom is -0.370 e. The molecular weight excluding hydrogens is 222 g/mol. The van der Waals surface area contributed by atoms with Crippen LogP contribution in [0.2, 0.25) is 0 Å². The van der Waals surface area contributed by atoms with Crippen LogP contribution >= 0.6 is 0 Å². The molecule has 0 bridgehead atoms. The highest BCUT2D eigenvalue weighted by Gasteiger charge is 2.04. The number of rotatable bonds is 6. The zero-order valence-electron chi connectivity index (χ0n) is 11.2. The molecule has 2 aromatic rings. The summed E-state index contributed by atoms with van der Waals surface area (Å²) in [6.07, 6.45) is 1.10. The number of anilines is 1. The number of pyridine rings is 1. The number of benzene rings is 1. The van der Waals surface area contributed by atoms with E-state index >= 15 is 0 Å². The lowest BCUT2D eigenvalue weighted by Crippen LogP contribution is -2.14. The third kappa shape index (κ3) is 2.99. The van der Waals surface area contributed by atoms with Crippen molar-refractivity contribution in [1.29, 1.82) is 0 Å². The summed E-state index contributed by atoms with van der Waals surface area (Å²) >= 11 is 0. The molecule has 0 fully saturated rings. The van der Waals surface area contributed by atoms with E-state index in [4.69, 9.17) is 4.98 Å². The summed E-state index contributed by atoms with van der Waals surface area (Å²) in [6, 6.07) is 10.6. The number of hydrogen-bond acceptors (Lipinski definition) is 3. The number of nitrogens with one attached hydrogen (secondary N) is 2. The Balaban J connectivity index is 2.36. The van der Waals surface area contributed by atoms with E-state index in [1.165, 1.54) is 10.8 Å². The molecule has 1 aromatic heterocycles. The highest BCUT2D eigenvalue weighted by atomic mass is 15.0. The highest BCUT2D eigenvalue weighted by molar-refractivity contribution is 5.92. The lowest BCUT2D eigenvalue weighted by Gasteiger charge is -2.11. The molecule has 1 heterocycles. The van der Waals surface area contributed by atoms with Gasteiger partial charge in [0.2, 0.25) is 0 Å². The maximum absolute atomic E-state index is 4.70. The molecule has 0 unspecified atom stereocenters. The fourth-order valence-corrected chi connectivity index (χ4v) is 1.98. The summed E-state index contributed by atoms with van der Waals surface area (Å²) in [7, 11) is 0. The lowest BCUT2D eigenvalue weighted by molar-refractivity contribution is 0.712. The molecule has 2 rings (SSSR count). The van der Waals surface area contributed by atoms with Crippen molar-refractivity contribution in [2.45, 2.75) is 26.8 Å². The van der Waals surface area contributed by atoms with Crippen LogP contribution in [0.5, 0.6) is 0 Å². The Morgan fingerprint density at radius 2 is 2.00 bits per heavy atom. The maximum Gasteiger partial charge on any atom is 0.134 e. The Hall–Kier alpha value is -1.61. The smallest absolute Gasteiger partial charge is 0.134 e. The van der Waals surface area contributed by atoms with Crippen LogP contribution in [0.4, 0.5) is 5.82 Å².